The molecule has 0 amide bonds. The summed E-state index contributed by atoms with van der Waals surface area (Å²) in [6.45, 7) is 6.52. The van der Waals surface area contributed by atoms with Crippen LogP contribution in [0.15, 0.2) is 27.5 Å². The number of allylic oxidation sites excluding steroid dienone is 2. The number of nitrogens with one attached hydrogen (secondary N) is 1. The molecule has 19 heavy (non-hydrogen) atoms. The van der Waals surface area contributed by atoms with Gasteiger partial charge < -0.3 is 5.73 Å². The molecule has 5 nitrogen and oxygen atoms in total. The highest BCUT2D eigenvalue weighted by Gasteiger charge is 2.08. The molecule has 0 unspecified atom stereocenters. The van der Waals surface area contributed by atoms with E-state index in [4.69, 9.17) is 12.2 Å². The molecule has 0 saturated heterocycles. The largest absolute Gasteiger partial charge is 0.390 e. The Kier molecular flexibility index (Phi) is 5.55. The molecule has 0 fully saturated rings. The number of terminal acetylenes is 1. The van der Waals surface area contributed by atoms with Crippen LogP contribution >= 0.6 is 0 Å². The summed E-state index contributed by atoms with van der Waals surface area (Å²) < 4.78 is 0. The lowest BCUT2D eigenvalue weighted by Gasteiger charge is -2.02. The van der Waals surface area contributed by atoms with Crippen molar-refractivity contribution in [2.45, 2.75) is 33.2 Å². The minimum absolute atomic E-state index is 0.364. The Hall–Kier alpha value is -2.35. The molecule has 0 aliphatic heterocycles. The van der Waals surface area contributed by atoms with Gasteiger partial charge in [0.15, 0.2) is 0 Å². The van der Waals surface area contributed by atoms with Crippen LogP contribution < -0.4 is 5.73 Å². The van der Waals surface area contributed by atoms with E-state index in [9.17, 15) is 0 Å². The zero-order valence-electron chi connectivity index (χ0n) is 11.5. The number of aromatic nitrogens is 2. The van der Waals surface area contributed by atoms with Crippen LogP contribution in [0.5, 0.6) is 0 Å². The van der Waals surface area contributed by atoms with Gasteiger partial charge in [0.2, 0.25) is 0 Å². The van der Waals surface area contributed by atoms with Crippen LogP contribution in [0.2, 0.25) is 0 Å². The Morgan fingerprint density at radius 3 is 2.95 bits per heavy atom. The predicted molar refractivity (Wildman–Crippen MR) is 79.1 cm³/mol. The lowest BCUT2D eigenvalue weighted by molar-refractivity contribution is 0.795. The van der Waals surface area contributed by atoms with Gasteiger partial charge in [-0.05, 0) is 12.8 Å². The van der Waals surface area contributed by atoms with Crippen LogP contribution in [0.4, 0.5) is 0 Å². The number of hydrogen-bond donors (Lipinski definition) is 2. The van der Waals surface area contributed by atoms with Crippen LogP contribution in [-0.4, -0.2) is 22.8 Å². The molecule has 0 radical (unpaired) electrons. The molecule has 1 aromatic heterocycles. The average molecular weight is 257 g/mol. The Bertz CT molecular complexity index is 540. The molecule has 0 saturated carbocycles. The first-order valence-electron chi connectivity index (χ1n) is 6.04. The summed E-state index contributed by atoms with van der Waals surface area (Å²) in [5.41, 5.74) is 8.62. The monoisotopic (exact) mass is 257 g/mol. The highest BCUT2D eigenvalue weighted by Crippen LogP contribution is 2.16. The van der Waals surface area contributed by atoms with Crippen molar-refractivity contribution < 1.29 is 0 Å². The SMILES string of the molecule is C#CC(/C=N\Cc1c[nH]nc1C(C)C)=C(C)/N=C/N. The minimum Gasteiger partial charge on any atom is -0.390 e. The predicted octanol–water partition coefficient (Wildman–Crippen LogP) is 2.00. The zero-order valence-corrected chi connectivity index (χ0v) is 11.5. The number of nitrogens with two attached hydrogens (primary N) is 1. The Morgan fingerprint density at radius 1 is 1.63 bits per heavy atom. The van der Waals surface area contributed by atoms with Gasteiger partial charge in [-0.15, -0.1) is 6.42 Å². The first kappa shape index (κ1) is 14.7. The standard InChI is InChI=1S/C14H19N5/c1-5-12(11(4)17-9-15)6-16-7-13-8-18-19-14(13)10(2)3/h1,6,8-10H,7H2,2-4H3,(H2,15,17)(H,18,19)/b12-11-,16-6-. The topological polar surface area (TPSA) is 79.4 Å². The quantitative estimate of drug-likeness (QED) is 0.480. The molecule has 1 heterocycles. The fourth-order valence-electron chi connectivity index (χ4n) is 1.60. The van der Waals surface area contributed by atoms with Gasteiger partial charge in [0.25, 0.3) is 0 Å². The highest BCUT2D eigenvalue weighted by atomic mass is 15.1. The maximum Gasteiger partial charge on any atom is 0.0856 e. The van der Waals surface area contributed by atoms with E-state index in [2.05, 4.69) is 40.0 Å². The van der Waals surface area contributed by atoms with Crippen molar-refractivity contribution in [2.75, 3.05) is 0 Å². The molecule has 100 valence electrons. The molecular formula is C14H19N5. The van der Waals surface area contributed by atoms with Crippen LogP contribution in [0.1, 0.15) is 37.9 Å². The van der Waals surface area contributed by atoms with E-state index in [-0.39, 0.29) is 0 Å². The smallest absolute Gasteiger partial charge is 0.0856 e. The second kappa shape index (κ2) is 7.17. The highest BCUT2D eigenvalue weighted by molar-refractivity contribution is 5.85. The number of nitrogens with zero attached hydrogens (tertiary/aromatic N) is 3. The van der Waals surface area contributed by atoms with E-state index in [0.717, 1.165) is 11.3 Å². The summed E-state index contributed by atoms with van der Waals surface area (Å²) in [5.74, 6) is 2.91. The molecule has 0 spiro atoms. The van der Waals surface area contributed by atoms with Crippen molar-refractivity contribution in [3.8, 4) is 12.3 Å². The molecule has 3 N–H and O–H groups in total. The van der Waals surface area contributed by atoms with Crippen molar-refractivity contribution in [3.05, 3.63) is 28.7 Å². The third-order valence-electron chi connectivity index (χ3n) is 2.60. The first-order valence-corrected chi connectivity index (χ1v) is 6.04. The third-order valence-corrected chi connectivity index (χ3v) is 2.60. The molecule has 0 atom stereocenters. The van der Waals surface area contributed by atoms with Crippen molar-refractivity contribution in [1.29, 1.82) is 0 Å². The maximum absolute atomic E-state index is 5.41. The van der Waals surface area contributed by atoms with E-state index in [1.165, 1.54) is 6.34 Å². The fraction of sp³-hybridized carbons (Fsp3) is 0.357. The lowest BCUT2D eigenvalue weighted by atomic mass is 10.1. The molecule has 0 aliphatic carbocycles. The van der Waals surface area contributed by atoms with E-state index in [1.54, 1.807) is 13.1 Å². The fourth-order valence-corrected chi connectivity index (χ4v) is 1.60. The molecule has 5 heteroatoms. The van der Waals surface area contributed by atoms with E-state index < -0.39 is 0 Å². The molecule has 0 aromatic carbocycles. The van der Waals surface area contributed by atoms with Crippen molar-refractivity contribution in [2.24, 2.45) is 15.7 Å². The average Bonchev–Trinajstić information content (AvgIpc) is 2.83. The third kappa shape index (κ3) is 4.11. The number of aliphatic imine (C=N–C) groups is 2. The van der Waals surface area contributed by atoms with Crippen molar-refractivity contribution in [1.82, 2.24) is 10.2 Å². The van der Waals surface area contributed by atoms with E-state index >= 15 is 0 Å². The van der Waals surface area contributed by atoms with Crippen LogP contribution in [0, 0.1) is 12.3 Å². The molecule has 1 rings (SSSR count). The van der Waals surface area contributed by atoms with E-state index in [1.807, 2.05) is 6.20 Å². The molecular weight excluding hydrogens is 238 g/mol. The second-order valence-corrected chi connectivity index (χ2v) is 4.34. The summed E-state index contributed by atoms with van der Waals surface area (Å²) >= 11 is 0. The maximum atomic E-state index is 5.41. The van der Waals surface area contributed by atoms with Crippen LogP contribution in [-0.2, 0) is 6.54 Å². The van der Waals surface area contributed by atoms with Gasteiger partial charge in [0.05, 0.1) is 29.8 Å². The summed E-state index contributed by atoms with van der Waals surface area (Å²) in [6, 6.07) is 0. The van der Waals surface area contributed by atoms with Crippen LogP contribution in [0.25, 0.3) is 0 Å². The Balaban J connectivity index is 2.81. The van der Waals surface area contributed by atoms with Gasteiger partial charge in [-0.25, -0.2) is 4.99 Å². The number of H-pyrrole nitrogens is 1. The van der Waals surface area contributed by atoms with Gasteiger partial charge >= 0.3 is 0 Å². The second-order valence-electron chi connectivity index (χ2n) is 4.34. The summed E-state index contributed by atoms with van der Waals surface area (Å²) in [4.78, 5) is 8.27. The molecule has 1 aromatic rings. The van der Waals surface area contributed by atoms with Gasteiger partial charge in [-0.2, -0.15) is 5.10 Å². The number of aromatic amines is 1. The minimum atomic E-state index is 0.364. The van der Waals surface area contributed by atoms with Gasteiger partial charge in [0, 0.05) is 18.0 Å². The van der Waals surface area contributed by atoms with Crippen LogP contribution in [0.3, 0.4) is 0 Å². The Morgan fingerprint density at radius 2 is 2.37 bits per heavy atom. The lowest BCUT2D eigenvalue weighted by Crippen LogP contribution is -1.95. The van der Waals surface area contributed by atoms with Gasteiger partial charge in [0.1, 0.15) is 0 Å². The molecule has 0 aliphatic rings. The normalized spacial score (nSPS) is 13.2. The summed E-state index contributed by atoms with van der Waals surface area (Å²) in [5, 5.41) is 7.07. The van der Waals surface area contributed by atoms with Crippen molar-refractivity contribution in [3.63, 3.8) is 0 Å². The number of hydrogen-bond acceptors (Lipinski definition) is 3. The zero-order chi connectivity index (χ0) is 14.3. The van der Waals surface area contributed by atoms with E-state index in [0.29, 0.717) is 23.7 Å². The van der Waals surface area contributed by atoms with Gasteiger partial charge in [-0.3, -0.25) is 10.1 Å². The Labute approximate surface area is 113 Å². The summed E-state index contributed by atoms with van der Waals surface area (Å²) in [6.07, 6.45) is 10.1. The molecule has 0 bridgehead atoms. The first-order chi connectivity index (χ1) is 9.10. The van der Waals surface area contributed by atoms with Gasteiger partial charge in [-0.1, -0.05) is 19.8 Å². The summed E-state index contributed by atoms with van der Waals surface area (Å²) in [7, 11) is 0. The number of rotatable bonds is 5. The van der Waals surface area contributed by atoms with Crippen molar-refractivity contribution >= 4 is 12.6 Å².